The molecule has 130 valence electrons. The Hall–Kier alpha value is -1.38. The van der Waals surface area contributed by atoms with E-state index in [0.29, 0.717) is 31.2 Å². The quantitative estimate of drug-likeness (QED) is 0.364. The minimum atomic E-state index is -0.674. The zero-order chi connectivity index (χ0) is 16.8. The zero-order valence-corrected chi connectivity index (χ0v) is 16.4. The van der Waals surface area contributed by atoms with Gasteiger partial charge in [0.25, 0.3) is 0 Å². The molecule has 0 unspecified atom stereocenters. The summed E-state index contributed by atoms with van der Waals surface area (Å²) in [5, 5.41) is 6.17. The SMILES string of the molecule is CCNC(=NCc1ccc(C)c(F)c1)NCC(C)(C)C(N)=O.I. The van der Waals surface area contributed by atoms with Crippen LogP contribution in [-0.2, 0) is 11.3 Å². The van der Waals surface area contributed by atoms with Gasteiger partial charge in [-0.2, -0.15) is 0 Å². The number of nitrogens with zero attached hydrogens (tertiary/aromatic N) is 1. The lowest BCUT2D eigenvalue weighted by Gasteiger charge is -2.22. The molecular formula is C16H26FIN4O. The van der Waals surface area contributed by atoms with Crippen molar-refractivity contribution in [3.05, 3.63) is 35.1 Å². The van der Waals surface area contributed by atoms with Gasteiger partial charge in [-0.05, 0) is 44.9 Å². The van der Waals surface area contributed by atoms with Crippen molar-refractivity contribution in [1.29, 1.82) is 0 Å². The number of amides is 1. The molecule has 0 spiro atoms. The van der Waals surface area contributed by atoms with Crippen molar-refractivity contribution in [3.63, 3.8) is 0 Å². The molecule has 0 atom stereocenters. The molecule has 0 saturated carbocycles. The Kier molecular flexibility index (Phi) is 9.11. The molecule has 23 heavy (non-hydrogen) atoms. The van der Waals surface area contributed by atoms with Crippen molar-refractivity contribution in [2.75, 3.05) is 13.1 Å². The van der Waals surface area contributed by atoms with Gasteiger partial charge in [0.15, 0.2) is 5.96 Å². The van der Waals surface area contributed by atoms with Gasteiger partial charge in [-0.1, -0.05) is 12.1 Å². The van der Waals surface area contributed by atoms with Crippen LogP contribution in [0.4, 0.5) is 4.39 Å². The van der Waals surface area contributed by atoms with E-state index in [1.54, 1.807) is 26.8 Å². The van der Waals surface area contributed by atoms with Gasteiger partial charge in [0.1, 0.15) is 5.82 Å². The van der Waals surface area contributed by atoms with Gasteiger partial charge in [-0.25, -0.2) is 9.38 Å². The Bertz CT molecular complexity index is 561. The average Bonchev–Trinajstić information content (AvgIpc) is 2.45. The number of guanidine groups is 1. The van der Waals surface area contributed by atoms with Crippen LogP contribution in [0.15, 0.2) is 23.2 Å². The van der Waals surface area contributed by atoms with Gasteiger partial charge < -0.3 is 16.4 Å². The number of aryl methyl sites for hydroxylation is 1. The highest BCUT2D eigenvalue weighted by atomic mass is 127. The van der Waals surface area contributed by atoms with Gasteiger partial charge >= 0.3 is 0 Å². The standard InChI is InChI=1S/C16H25FN4O.HI/c1-5-19-15(21-10-16(3,4)14(18)22)20-9-12-7-6-11(2)13(17)8-12;/h6-8H,5,9-10H2,1-4H3,(H2,18,22)(H2,19,20,21);1H. The molecule has 0 radical (unpaired) electrons. The Morgan fingerprint density at radius 1 is 1.35 bits per heavy atom. The van der Waals surface area contributed by atoms with E-state index < -0.39 is 5.41 Å². The van der Waals surface area contributed by atoms with Crippen LogP contribution in [0, 0.1) is 18.2 Å². The summed E-state index contributed by atoms with van der Waals surface area (Å²) in [7, 11) is 0. The van der Waals surface area contributed by atoms with Crippen LogP contribution in [-0.4, -0.2) is 25.0 Å². The van der Waals surface area contributed by atoms with Crippen LogP contribution in [0.3, 0.4) is 0 Å². The topological polar surface area (TPSA) is 79.5 Å². The maximum atomic E-state index is 13.5. The van der Waals surface area contributed by atoms with Crippen molar-refractivity contribution < 1.29 is 9.18 Å². The van der Waals surface area contributed by atoms with Gasteiger partial charge in [-0.15, -0.1) is 24.0 Å². The summed E-state index contributed by atoms with van der Waals surface area (Å²) in [6, 6.07) is 5.06. The lowest BCUT2D eigenvalue weighted by atomic mass is 9.93. The van der Waals surface area contributed by atoms with Gasteiger partial charge in [-0.3, -0.25) is 4.79 Å². The van der Waals surface area contributed by atoms with E-state index in [2.05, 4.69) is 15.6 Å². The van der Waals surface area contributed by atoms with Crippen LogP contribution in [0.2, 0.25) is 0 Å². The maximum Gasteiger partial charge on any atom is 0.224 e. The monoisotopic (exact) mass is 436 g/mol. The number of nitrogens with two attached hydrogens (primary N) is 1. The summed E-state index contributed by atoms with van der Waals surface area (Å²) in [5.74, 6) is -0.0465. The Balaban J connectivity index is 0.00000484. The third-order valence-corrected chi connectivity index (χ3v) is 3.37. The molecule has 0 fully saturated rings. The van der Waals surface area contributed by atoms with Crippen LogP contribution in [0.5, 0.6) is 0 Å². The molecule has 1 amide bonds. The maximum absolute atomic E-state index is 13.5. The highest BCUT2D eigenvalue weighted by molar-refractivity contribution is 14.0. The van der Waals surface area contributed by atoms with Crippen molar-refractivity contribution in [1.82, 2.24) is 10.6 Å². The number of aliphatic imine (C=N–C) groups is 1. The number of benzene rings is 1. The van der Waals surface area contributed by atoms with E-state index >= 15 is 0 Å². The zero-order valence-electron chi connectivity index (χ0n) is 14.1. The van der Waals surface area contributed by atoms with Gasteiger partial charge in [0.05, 0.1) is 12.0 Å². The number of carbonyl (C=O) groups excluding carboxylic acids is 1. The first-order chi connectivity index (χ1) is 10.3. The molecule has 0 bridgehead atoms. The number of hydrogen-bond acceptors (Lipinski definition) is 2. The second-order valence-corrected chi connectivity index (χ2v) is 5.88. The highest BCUT2D eigenvalue weighted by Crippen LogP contribution is 2.12. The summed E-state index contributed by atoms with van der Waals surface area (Å²) in [6.45, 7) is 8.61. The van der Waals surface area contributed by atoms with E-state index in [9.17, 15) is 9.18 Å². The smallest absolute Gasteiger partial charge is 0.224 e. The first kappa shape index (κ1) is 21.6. The molecule has 0 heterocycles. The fourth-order valence-corrected chi connectivity index (χ4v) is 1.64. The van der Waals surface area contributed by atoms with Crippen LogP contribution in [0.1, 0.15) is 31.9 Å². The number of carbonyl (C=O) groups is 1. The van der Waals surface area contributed by atoms with Gasteiger partial charge in [0, 0.05) is 13.1 Å². The molecule has 5 nitrogen and oxygen atoms in total. The molecule has 0 aliphatic rings. The van der Waals surface area contributed by atoms with Gasteiger partial charge in [0.2, 0.25) is 5.91 Å². The normalized spacial score (nSPS) is 11.6. The van der Waals surface area contributed by atoms with Crippen LogP contribution >= 0.6 is 24.0 Å². The van der Waals surface area contributed by atoms with E-state index in [-0.39, 0.29) is 35.7 Å². The molecule has 7 heteroatoms. The Morgan fingerprint density at radius 2 is 2.00 bits per heavy atom. The first-order valence-electron chi connectivity index (χ1n) is 7.33. The number of primary amides is 1. The van der Waals surface area contributed by atoms with E-state index in [4.69, 9.17) is 5.73 Å². The third kappa shape index (κ3) is 7.15. The summed E-state index contributed by atoms with van der Waals surface area (Å²) in [6.07, 6.45) is 0. The summed E-state index contributed by atoms with van der Waals surface area (Å²) in [5.41, 5.74) is 6.07. The lowest BCUT2D eigenvalue weighted by molar-refractivity contribution is -0.125. The van der Waals surface area contributed by atoms with Crippen molar-refractivity contribution in [3.8, 4) is 0 Å². The average molecular weight is 436 g/mol. The van der Waals surface area contributed by atoms with E-state index in [0.717, 1.165) is 5.56 Å². The summed E-state index contributed by atoms with van der Waals surface area (Å²) in [4.78, 5) is 15.7. The molecule has 1 aromatic carbocycles. The fraction of sp³-hybridized carbons (Fsp3) is 0.500. The minimum Gasteiger partial charge on any atom is -0.369 e. The number of rotatable bonds is 6. The summed E-state index contributed by atoms with van der Waals surface area (Å²) < 4.78 is 13.5. The Labute approximate surface area is 154 Å². The van der Waals surface area contributed by atoms with E-state index in [1.165, 1.54) is 6.07 Å². The minimum absolute atomic E-state index is 0. The lowest BCUT2D eigenvalue weighted by Crippen LogP contribution is -2.46. The predicted octanol–water partition coefficient (Wildman–Crippen LogP) is 2.32. The molecule has 1 rings (SSSR count). The molecule has 0 aliphatic heterocycles. The largest absolute Gasteiger partial charge is 0.369 e. The number of nitrogens with one attached hydrogen (secondary N) is 2. The Morgan fingerprint density at radius 3 is 2.52 bits per heavy atom. The van der Waals surface area contributed by atoms with Crippen molar-refractivity contribution >= 4 is 35.8 Å². The molecule has 0 aromatic heterocycles. The predicted molar refractivity (Wildman–Crippen MR) is 102 cm³/mol. The third-order valence-electron chi connectivity index (χ3n) is 3.37. The second kappa shape index (κ2) is 9.69. The highest BCUT2D eigenvalue weighted by Gasteiger charge is 2.24. The van der Waals surface area contributed by atoms with Crippen LogP contribution in [0.25, 0.3) is 0 Å². The molecular weight excluding hydrogens is 410 g/mol. The van der Waals surface area contributed by atoms with E-state index in [1.807, 2.05) is 13.0 Å². The number of hydrogen-bond donors (Lipinski definition) is 3. The first-order valence-corrected chi connectivity index (χ1v) is 7.33. The van der Waals surface area contributed by atoms with Crippen molar-refractivity contribution in [2.24, 2.45) is 16.1 Å². The fourth-order valence-electron chi connectivity index (χ4n) is 1.64. The molecule has 4 N–H and O–H groups in total. The second-order valence-electron chi connectivity index (χ2n) is 5.88. The molecule has 0 aliphatic carbocycles. The summed E-state index contributed by atoms with van der Waals surface area (Å²) >= 11 is 0. The molecule has 0 saturated heterocycles. The van der Waals surface area contributed by atoms with Crippen molar-refractivity contribution in [2.45, 2.75) is 34.2 Å². The van der Waals surface area contributed by atoms with Crippen LogP contribution < -0.4 is 16.4 Å². The molecule has 1 aromatic rings. The number of halogens is 2.